The number of nitrogens with zero attached hydrogens (tertiary/aromatic N) is 2. The van der Waals surface area contributed by atoms with E-state index >= 15 is 0 Å². The highest BCUT2D eigenvalue weighted by atomic mass is 32.2. The Kier molecular flexibility index (Phi) is 5.72. The highest BCUT2D eigenvalue weighted by Crippen LogP contribution is 2.42. The Hall–Kier alpha value is -0.550. The highest BCUT2D eigenvalue weighted by Gasteiger charge is 2.32. The van der Waals surface area contributed by atoms with Crippen LogP contribution in [0.5, 0.6) is 0 Å². The third-order valence-corrected chi connectivity index (χ3v) is 5.37. The van der Waals surface area contributed by atoms with Crippen molar-refractivity contribution >= 4 is 11.8 Å². The van der Waals surface area contributed by atoms with Crippen LogP contribution >= 0.6 is 11.8 Å². The minimum Gasteiger partial charge on any atom is -0.338 e. The van der Waals surface area contributed by atoms with Gasteiger partial charge in [0.05, 0.1) is 6.04 Å². The van der Waals surface area contributed by atoms with Crippen LogP contribution in [0, 0.1) is 11.3 Å². The standard InChI is InChI=1S/C16H29N3OS/c1-16(2,3)12-7-5-11(6-8-12)14-18-15(20-19-14)13(17)9-10-21-4/h11-13H,5-10,17H2,1-4H3/t11?,12?,13-/m0/s1. The summed E-state index contributed by atoms with van der Waals surface area (Å²) in [5.41, 5.74) is 6.50. The fourth-order valence-electron chi connectivity index (χ4n) is 3.15. The van der Waals surface area contributed by atoms with Crippen LogP contribution in [0.2, 0.25) is 0 Å². The molecule has 4 nitrogen and oxygen atoms in total. The van der Waals surface area contributed by atoms with Crippen molar-refractivity contribution in [3.8, 4) is 0 Å². The van der Waals surface area contributed by atoms with Crippen LogP contribution in [0.15, 0.2) is 4.52 Å². The lowest BCUT2D eigenvalue weighted by Gasteiger charge is -2.36. The number of nitrogens with two attached hydrogens (primary N) is 1. The summed E-state index contributed by atoms with van der Waals surface area (Å²) >= 11 is 1.79. The Balaban J connectivity index is 1.91. The Bertz CT molecular complexity index is 433. The second kappa shape index (κ2) is 7.14. The van der Waals surface area contributed by atoms with Crippen LogP contribution in [0.4, 0.5) is 0 Å². The van der Waals surface area contributed by atoms with Crippen molar-refractivity contribution in [1.82, 2.24) is 10.1 Å². The van der Waals surface area contributed by atoms with Crippen molar-refractivity contribution < 1.29 is 4.52 Å². The molecule has 1 aliphatic rings. The van der Waals surface area contributed by atoms with Crippen LogP contribution in [-0.2, 0) is 0 Å². The van der Waals surface area contributed by atoms with E-state index < -0.39 is 0 Å². The third kappa shape index (κ3) is 4.46. The van der Waals surface area contributed by atoms with Gasteiger partial charge in [0.1, 0.15) is 0 Å². The quantitative estimate of drug-likeness (QED) is 0.885. The molecule has 120 valence electrons. The summed E-state index contributed by atoms with van der Waals surface area (Å²) < 4.78 is 5.38. The molecule has 5 heteroatoms. The van der Waals surface area contributed by atoms with E-state index in [9.17, 15) is 0 Å². The molecule has 2 rings (SSSR count). The second-order valence-electron chi connectivity index (χ2n) is 7.29. The predicted molar refractivity (Wildman–Crippen MR) is 88.4 cm³/mol. The maximum Gasteiger partial charge on any atom is 0.243 e. The van der Waals surface area contributed by atoms with Crippen molar-refractivity contribution in [3.63, 3.8) is 0 Å². The van der Waals surface area contributed by atoms with Gasteiger partial charge in [-0.15, -0.1) is 0 Å². The van der Waals surface area contributed by atoms with Crippen molar-refractivity contribution in [3.05, 3.63) is 11.7 Å². The molecule has 0 aliphatic heterocycles. The van der Waals surface area contributed by atoms with Crippen LogP contribution in [-0.4, -0.2) is 22.1 Å². The third-order valence-electron chi connectivity index (χ3n) is 4.72. The lowest BCUT2D eigenvalue weighted by Crippen LogP contribution is -2.25. The molecule has 0 bridgehead atoms. The fourth-order valence-corrected chi connectivity index (χ4v) is 3.64. The van der Waals surface area contributed by atoms with E-state index in [4.69, 9.17) is 10.3 Å². The zero-order valence-corrected chi connectivity index (χ0v) is 14.6. The molecule has 1 aromatic heterocycles. The highest BCUT2D eigenvalue weighted by molar-refractivity contribution is 7.98. The zero-order chi connectivity index (χ0) is 15.5. The summed E-state index contributed by atoms with van der Waals surface area (Å²) in [6.07, 6.45) is 7.83. The van der Waals surface area contributed by atoms with Gasteiger partial charge < -0.3 is 10.3 Å². The van der Waals surface area contributed by atoms with E-state index in [1.807, 2.05) is 0 Å². The van der Waals surface area contributed by atoms with Crippen LogP contribution in [0.3, 0.4) is 0 Å². The van der Waals surface area contributed by atoms with Gasteiger partial charge in [-0.3, -0.25) is 0 Å². The second-order valence-corrected chi connectivity index (χ2v) is 8.28. The molecular weight excluding hydrogens is 282 g/mol. The molecule has 0 radical (unpaired) electrons. The van der Waals surface area contributed by atoms with Gasteiger partial charge in [-0.05, 0) is 55.4 Å². The number of hydrogen-bond donors (Lipinski definition) is 1. The Morgan fingerprint density at radius 1 is 1.29 bits per heavy atom. The average molecular weight is 311 g/mol. The van der Waals surface area contributed by atoms with E-state index in [2.05, 4.69) is 37.2 Å². The van der Waals surface area contributed by atoms with E-state index in [0.29, 0.717) is 17.2 Å². The number of aromatic nitrogens is 2. The minimum atomic E-state index is -0.121. The number of rotatable bonds is 5. The molecule has 0 aromatic carbocycles. The first-order chi connectivity index (χ1) is 9.91. The van der Waals surface area contributed by atoms with E-state index in [-0.39, 0.29) is 6.04 Å². The molecule has 1 heterocycles. The molecule has 1 atom stereocenters. The van der Waals surface area contributed by atoms with Gasteiger partial charge >= 0.3 is 0 Å². The van der Waals surface area contributed by atoms with Crippen LogP contribution < -0.4 is 5.73 Å². The monoisotopic (exact) mass is 311 g/mol. The van der Waals surface area contributed by atoms with Crippen LogP contribution in [0.1, 0.15) is 76.6 Å². The topological polar surface area (TPSA) is 64.9 Å². The fraction of sp³-hybridized carbons (Fsp3) is 0.875. The molecule has 21 heavy (non-hydrogen) atoms. The Labute approximate surface area is 132 Å². The first-order valence-electron chi connectivity index (χ1n) is 8.00. The van der Waals surface area contributed by atoms with Gasteiger partial charge in [0.25, 0.3) is 0 Å². The normalized spacial score (nSPS) is 25.0. The van der Waals surface area contributed by atoms with Gasteiger partial charge in [0.2, 0.25) is 5.89 Å². The van der Waals surface area contributed by atoms with E-state index in [1.165, 1.54) is 25.7 Å². The van der Waals surface area contributed by atoms with Gasteiger partial charge in [0, 0.05) is 5.92 Å². The lowest BCUT2D eigenvalue weighted by atomic mass is 9.70. The molecule has 0 spiro atoms. The first-order valence-corrected chi connectivity index (χ1v) is 9.39. The average Bonchev–Trinajstić information content (AvgIpc) is 2.94. The predicted octanol–water partition coefficient (Wildman–Crippen LogP) is 4.14. The molecule has 2 N–H and O–H groups in total. The van der Waals surface area contributed by atoms with Gasteiger partial charge in [-0.2, -0.15) is 16.7 Å². The molecular formula is C16H29N3OS. The lowest BCUT2D eigenvalue weighted by molar-refractivity contribution is 0.166. The summed E-state index contributed by atoms with van der Waals surface area (Å²) in [4.78, 5) is 4.56. The molecule has 1 saturated carbocycles. The first kappa shape index (κ1) is 16.8. The molecule has 1 fully saturated rings. The molecule has 0 amide bonds. The van der Waals surface area contributed by atoms with Crippen molar-refractivity contribution in [2.24, 2.45) is 17.1 Å². The summed E-state index contributed by atoms with van der Waals surface area (Å²) in [5, 5.41) is 4.18. The Morgan fingerprint density at radius 3 is 2.52 bits per heavy atom. The van der Waals surface area contributed by atoms with Crippen molar-refractivity contribution in [2.75, 3.05) is 12.0 Å². The summed E-state index contributed by atoms with van der Waals surface area (Å²) in [6, 6.07) is -0.121. The minimum absolute atomic E-state index is 0.121. The van der Waals surface area contributed by atoms with Crippen LogP contribution in [0.25, 0.3) is 0 Å². The summed E-state index contributed by atoms with van der Waals surface area (Å²) in [6.45, 7) is 7.03. The molecule has 0 saturated heterocycles. The SMILES string of the molecule is CSCC[C@H](N)c1nc(C2CCC(C(C)(C)C)CC2)no1. The molecule has 1 aromatic rings. The largest absolute Gasteiger partial charge is 0.338 e. The molecule has 0 unspecified atom stereocenters. The van der Waals surface area contributed by atoms with Crippen molar-refractivity contribution in [2.45, 2.75) is 64.8 Å². The summed E-state index contributed by atoms with van der Waals surface area (Å²) in [5.74, 6) is 3.77. The number of thioether (sulfide) groups is 1. The maximum atomic E-state index is 6.09. The summed E-state index contributed by atoms with van der Waals surface area (Å²) in [7, 11) is 0. The Morgan fingerprint density at radius 2 is 1.95 bits per heavy atom. The van der Waals surface area contributed by atoms with E-state index in [1.54, 1.807) is 11.8 Å². The number of hydrogen-bond acceptors (Lipinski definition) is 5. The smallest absolute Gasteiger partial charge is 0.243 e. The van der Waals surface area contributed by atoms with Crippen molar-refractivity contribution in [1.29, 1.82) is 0 Å². The maximum absolute atomic E-state index is 6.09. The van der Waals surface area contributed by atoms with Gasteiger partial charge in [-0.1, -0.05) is 25.9 Å². The zero-order valence-electron chi connectivity index (χ0n) is 13.8. The molecule has 1 aliphatic carbocycles. The van der Waals surface area contributed by atoms with Gasteiger partial charge in [-0.25, -0.2) is 0 Å². The van der Waals surface area contributed by atoms with Gasteiger partial charge in [0.15, 0.2) is 5.82 Å². The van der Waals surface area contributed by atoms with E-state index in [0.717, 1.165) is 23.9 Å².